The first-order valence-corrected chi connectivity index (χ1v) is 5.63. The SMILES string of the molecule is COc1cc2c(cc1OC)C(=O)[C@@H](NC(C)=O)C2. The number of methoxy groups -OCH3 is 2. The Morgan fingerprint density at radius 3 is 2.44 bits per heavy atom. The van der Waals surface area contributed by atoms with Crippen LogP contribution in [0.1, 0.15) is 22.8 Å². The summed E-state index contributed by atoms with van der Waals surface area (Å²) in [6.07, 6.45) is 0.494. The molecule has 1 aromatic carbocycles. The molecule has 1 aromatic rings. The van der Waals surface area contributed by atoms with Crippen LogP contribution in [0, 0.1) is 0 Å². The summed E-state index contributed by atoms with van der Waals surface area (Å²) in [5.74, 6) is 0.821. The number of carbonyl (C=O) groups is 2. The topological polar surface area (TPSA) is 64.6 Å². The molecule has 5 nitrogen and oxygen atoms in total. The standard InChI is InChI=1S/C13H15NO4/c1-7(15)14-10-4-8-5-11(17-2)12(18-3)6-9(8)13(10)16/h5-6,10H,4H2,1-3H3,(H,14,15)/t10-/m0/s1. The van der Waals surface area contributed by atoms with Crippen molar-refractivity contribution in [1.29, 1.82) is 0 Å². The summed E-state index contributed by atoms with van der Waals surface area (Å²) in [5.41, 5.74) is 1.46. The minimum absolute atomic E-state index is 0.0823. The second-order valence-electron chi connectivity index (χ2n) is 4.19. The van der Waals surface area contributed by atoms with Gasteiger partial charge >= 0.3 is 0 Å². The van der Waals surface area contributed by atoms with Crippen molar-refractivity contribution >= 4 is 11.7 Å². The first-order chi connectivity index (χ1) is 8.56. The fraction of sp³-hybridized carbons (Fsp3) is 0.385. The van der Waals surface area contributed by atoms with E-state index in [0.29, 0.717) is 23.5 Å². The molecule has 0 spiro atoms. The van der Waals surface area contributed by atoms with E-state index in [9.17, 15) is 9.59 Å². The molecule has 0 saturated heterocycles. The summed E-state index contributed by atoms with van der Waals surface area (Å²) in [7, 11) is 3.07. The molecule has 0 saturated carbocycles. The third-order valence-corrected chi connectivity index (χ3v) is 2.99. The normalized spacial score (nSPS) is 17.3. The molecular formula is C13H15NO4. The Hall–Kier alpha value is -2.04. The van der Waals surface area contributed by atoms with Gasteiger partial charge in [-0.15, -0.1) is 0 Å². The number of rotatable bonds is 3. The molecule has 0 aromatic heterocycles. The Balaban J connectivity index is 2.36. The Morgan fingerprint density at radius 1 is 1.28 bits per heavy atom. The quantitative estimate of drug-likeness (QED) is 0.866. The van der Waals surface area contributed by atoms with Gasteiger partial charge in [-0.1, -0.05) is 0 Å². The number of Topliss-reactive ketones (excluding diaryl/α,β-unsaturated/α-hetero) is 1. The average Bonchev–Trinajstić information content (AvgIpc) is 2.63. The predicted molar refractivity (Wildman–Crippen MR) is 65.2 cm³/mol. The van der Waals surface area contributed by atoms with Crippen LogP contribution in [0.15, 0.2) is 12.1 Å². The van der Waals surface area contributed by atoms with Gasteiger partial charge < -0.3 is 14.8 Å². The summed E-state index contributed by atoms with van der Waals surface area (Å²) in [5, 5.41) is 2.64. The zero-order valence-corrected chi connectivity index (χ0v) is 10.6. The predicted octanol–water partition coefficient (Wildman–Crippen LogP) is 0.947. The van der Waals surface area contributed by atoms with Crippen molar-refractivity contribution in [1.82, 2.24) is 5.32 Å². The molecule has 96 valence electrons. The molecule has 0 radical (unpaired) electrons. The third kappa shape index (κ3) is 2.03. The van der Waals surface area contributed by atoms with E-state index in [1.54, 1.807) is 19.2 Å². The fourth-order valence-corrected chi connectivity index (χ4v) is 2.18. The van der Waals surface area contributed by atoms with Crippen LogP contribution in [0.2, 0.25) is 0 Å². The number of amides is 1. The molecule has 0 aliphatic heterocycles. The Kier molecular flexibility index (Phi) is 3.23. The number of benzene rings is 1. The molecule has 0 heterocycles. The zero-order chi connectivity index (χ0) is 13.3. The molecule has 1 aliphatic rings. The van der Waals surface area contributed by atoms with Crippen LogP contribution in [0.4, 0.5) is 0 Å². The minimum Gasteiger partial charge on any atom is -0.493 e. The number of hydrogen-bond acceptors (Lipinski definition) is 4. The van der Waals surface area contributed by atoms with Gasteiger partial charge in [0.2, 0.25) is 5.91 Å². The van der Waals surface area contributed by atoms with Gasteiger partial charge in [0.1, 0.15) is 0 Å². The van der Waals surface area contributed by atoms with E-state index >= 15 is 0 Å². The maximum Gasteiger partial charge on any atom is 0.217 e. The van der Waals surface area contributed by atoms with Crippen LogP contribution in [0.25, 0.3) is 0 Å². The highest BCUT2D eigenvalue weighted by molar-refractivity contribution is 6.06. The summed E-state index contributed by atoms with van der Waals surface area (Å²) < 4.78 is 10.4. The summed E-state index contributed by atoms with van der Waals surface area (Å²) in [6, 6.07) is 2.97. The van der Waals surface area contributed by atoms with Gasteiger partial charge in [0, 0.05) is 18.9 Å². The summed E-state index contributed by atoms with van der Waals surface area (Å²) in [6.45, 7) is 1.40. The van der Waals surface area contributed by atoms with E-state index in [4.69, 9.17) is 9.47 Å². The lowest BCUT2D eigenvalue weighted by molar-refractivity contribution is -0.119. The number of hydrogen-bond donors (Lipinski definition) is 1. The van der Waals surface area contributed by atoms with Gasteiger partial charge in [-0.3, -0.25) is 9.59 Å². The Labute approximate surface area is 105 Å². The van der Waals surface area contributed by atoms with Gasteiger partial charge in [-0.05, 0) is 17.7 Å². The highest BCUT2D eigenvalue weighted by Gasteiger charge is 2.32. The lowest BCUT2D eigenvalue weighted by atomic mass is 10.1. The van der Waals surface area contributed by atoms with Crippen LogP contribution in [0.3, 0.4) is 0 Å². The van der Waals surface area contributed by atoms with Crippen molar-refractivity contribution < 1.29 is 19.1 Å². The van der Waals surface area contributed by atoms with Gasteiger partial charge in [0.15, 0.2) is 17.3 Å². The maximum absolute atomic E-state index is 12.1. The van der Waals surface area contributed by atoms with Gasteiger partial charge in [-0.2, -0.15) is 0 Å². The van der Waals surface area contributed by atoms with E-state index in [1.165, 1.54) is 14.0 Å². The van der Waals surface area contributed by atoms with Crippen molar-refractivity contribution in [3.63, 3.8) is 0 Å². The fourth-order valence-electron chi connectivity index (χ4n) is 2.18. The van der Waals surface area contributed by atoms with Gasteiger partial charge in [-0.25, -0.2) is 0 Å². The summed E-state index contributed by atoms with van der Waals surface area (Å²) in [4.78, 5) is 23.1. The van der Waals surface area contributed by atoms with Crippen molar-refractivity contribution in [3.8, 4) is 11.5 Å². The molecule has 0 unspecified atom stereocenters. The lowest BCUT2D eigenvalue weighted by Gasteiger charge is -2.09. The van der Waals surface area contributed by atoms with E-state index in [-0.39, 0.29) is 11.7 Å². The zero-order valence-electron chi connectivity index (χ0n) is 10.6. The average molecular weight is 249 g/mol. The lowest BCUT2D eigenvalue weighted by Crippen LogP contribution is -2.37. The molecule has 5 heteroatoms. The number of fused-ring (bicyclic) bond motifs is 1. The van der Waals surface area contributed by atoms with E-state index in [0.717, 1.165) is 5.56 Å². The molecule has 0 fully saturated rings. The Bertz CT molecular complexity index is 510. The molecular weight excluding hydrogens is 234 g/mol. The number of carbonyl (C=O) groups excluding carboxylic acids is 2. The molecule has 18 heavy (non-hydrogen) atoms. The highest BCUT2D eigenvalue weighted by atomic mass is 16.5. The monoisotopic (exact) mass is 249 g/mol. The highest BCUT2D eigenvalue weighted by Crippen LogP contribution is 2.34. The maximum atomic E-state index is 12.1. The molecule has 1 aliphatic carbocycles. The molecule has 1 atom stereocenters. The van der Waals surface area contributed by atoms with Gasteiger partial charge in [0.05, 0.1) is 20.3 Å². The molecule has 0 bridgehead atoms. The second kappa shape index (κ2) is 4.68. The first-order valence-electron chi connectivity index (χ1n) is 5.63. The third-order valence-electron chi connectivity index (χ3n) is 2.99. The van der Waals surface area contributed by atoms with E-state index in [2.05, 4.69) is 5.32 Å². The van der Waals surface area contributed by atoms with E-state index in [1.807, 2.05) is 0 Å². The van der Waals surface area contributed by atoms with Crippen LogP contribution in [-0.2, 0) is 11.2 Å². The number of ketones is 1. The number of nitrogens with one attached hydrogen (secondary N) is 1. The van der Waals surface area contributed by atoms with Crippen LogP contribution in [0.5, 0.6) is 11.5 Å². The number of ether oxygens (including phenoxy) is 2. The van der Waals surface area contributed by atoms with Crippen LogP contribution >= 0.6 is 0 Å². The van der Waals surface area contributed by atoms with Crippen molar-refractivity contribution in [3.05, 3.63) is 23.3 Å². The van der Waals surface area contributed by atoms with Crippen molar-refractivity contribution in [2.24, 2.45) is 0 Å². The minimum atomic E-state index is -0.477. The largest absolute Gasteiger partial charge is 0.493 e. The van der Waals surface area contributed by atoms with Crippen LogP contribution in [-0.4, -0.2) is 32.0 Å². The molecule has 1 N–H and O–H groups in total. The summed E-state index contributed by atoms with van der Waals surface area (Å²) >= 11 is 0. The van der Waals surface area contributed by atoms with Crippen molar-refractivity contribution in [2.45, 2.75) is 19.4 Å². The van der Waals surface area contributed by atoms with Gasteiger partial charge in [0.25, 0.3) is 0 Å². The second-order valence-corrected chi connectivity index (χ2v) is 4.19. The van der Waals surface area contributed by atoms with E-state index < -0.39 is 6.04 Å². The molecule has 2 rings (SSSR count). The first kappa shape index (κ1) is 12.4. The van der Waals surface area contributed by atoms with Crippen LogP contribution < -0.4 is 14.8 Å². The smallest absolute Gasteiger partial charge is 0.217 e. The van der Waals surface area contributed by atoms with Crippen molar-refractivity contribution in [2.75, 3.05) is 14.2 Å². The Morgan fingerprint density at radius 2 is 1.89 bits per heavy atom. The molecule has 1 amide bonds.